The molecule has 34 heavy (non-hydrogen) atoms. The number of hydrogen-bond acceptors (Lipinski definition) is 6. The first-order chi connectivity index (χ1) is 16.3. The minimum Gasteiger partial charge on any atom is -0.450 e. The van der Waals surface area contributed by atoms with Crippen molar-refractivity contribution in [2.45, 2.75) is 26.8 Å². The Morgan fingerprint density at radius 1 is 1.12 bits per heavy atom. The second-order valence-corrected chi connectivity index (χ2v) is 10.4. The van der Waals surface area contributed by atoms with Crippen molar-refractivity contribution in [3.8, 4) is 6.07 Å². The first kappa shape index (κ1) is 25.7. The van der Waals surface area contributed by atoms with Crippen molar-refractivity contribution in [1.82, 2.24) is 4.90 Å². The molecule has 10 heteroatoms. The van der Waals surface area contributed by atoms with E-state index in [4.69, 9.17) is 16.3 Å². The number of ether oxygens (including phenoxy) is 1. The van der Waals surface area contributed by atoms with Crippen molar-refractivity contribution < 1.29 is 17.9 Å². The van der Waals surface area contributed by atoms with E-state index < -0.39 is 10.0 Å². The molecule has 1 amide bonds. The Kier molecular flexibility index (Phi) is 8.64. The molecule has 0 spiro atoms. The molecule has 1 saturated heterocycles. The van der Waals surface area contributed by atoms with Gasteiger partial charge in [-0.2, -0.15) is 5.26 Å². The third kappa shape index (κ3) is 6.13. The lowest BCUT2D eigenvalue weighted by molar-refractivity contribution is 0.105. The number of anilines is 2. The van der Waals surface area contributed by atoms with Gasteiger partial charge in [-0.1, -0.05) is 30.7 Å². The molecule has 0 aliphatic carbocycles. The summed E-state index contributed by atoms with van der Waals surface area (Å²) in [6.45, 7) is 6.13. The molecule has 8 nitrogen and oxygen atoms in total. The van der Waals surface area contributed by atoms with Gasteiger partial charge in [0.1, 0.15) is 6.07 Å². The molecule has 1 aliphatic heterocycles. The van der Waals surface area contributed by atoms with E-state index in [0.29, 0.717) is 61.2 Å². The lowest BCUT2D eigenvalue weighted by Gasteiger charge is -2.36. The molecule has 2 aromatic carbocycles. The molecule has 1 fully saturated rings. The summed E-state index contributed by atoms with van der Waals surface area (Å²) in [5.41, 5.74) is 2.33. The van der Waals surface area contributed by atoms with Crippen LogP contribution in [0.5, 0.6) is 0 Å². The maximum Gasteiger partial charge on any atom is 0.409 e. The van der Waals surface area contributed by atoms with Crippen LogP contribution in [0.25, 0.3) is 0 Å². The highest BCUT2D eigenvalue weighted by molar-refractivity contribution is 7.92. The zero-order chi connectivity index (χ0) is 24.7. The van der Waals surface area contributed by atoms with Crippen LogP contribution in [0.4, 0.5) is 16.2 Å². The van der Waals surface area contributed by atoms with E-state index >= 15 is 0 Å². The first-order valence-corrected chi connectivity index (χ1v) is 13.2. The molecule has 0 bridgehead atoms. The van der Waals surface area contributed by atoms with E-state index in [0.717, 1.165) is 5.56 Å². The minimum absolute atomic E-state index is 0.0000470. The molecule has 0 unspecified atom stereocenters. The molecular formula is C24H29ClN4O4S. The normalized spacial score (nSPS) is 13.9. The van der Waals surface area contributed by atoms with Gasteiger partial charge in [0.2, 0.25) is 10.0 Å². The van der Waals surface area contributed by atoms with Gasteiger partial charge in [-0.15, -0.1) is 0 Å². The fourth-order valence-electron chi connectivity index (χ4n) is 3.86. The zero-order valence-corrected chi connectivity index (χ0v) is 21.0. The zero-order valence-electron chi connectivity index (χ0n) is 19.4. The highest BCUT2D eigenvalue weighted by atomic mass is 35.5. The van der Waals surface area contributed by atoms with Crippen molar-refractivity contribution >= 4 is 39.1 Å². The summed E-state index contributed by atoms with van der Waals surface area (Å²) < 4.78 is 32.6. The van der Waals surface area contributed by atoms with Gasteiger partial charge in [-0.25, -0.2) is 13.2 Å². The second-order valence-electron chi connectivity index (χ2n) is 7.94. The van der Waals surface area contributed by atoms with Crippen LogP contribution in [-0.2, 0) is 21.3 Å². The monoisotopic (exact) mass is 504 g/mol. The van der Waals surface area contributed by atoms with Gasteiger partial charge in [0.25, 0.3) is 0 Å². The number of nitrogens with zero attached hydrogens (tertiary/aromatic N) is 4. The summed E-state index contributed by atoms with van der Waals surface area (Å²) in [4.78, 5) is 15.6. The van der Waals surface area contributed by atoms with E-state index in [1.165, 1.54) is 4.31 Å². The second kappa shape index (κ2) is 11.4. The van der Waals surface area contributed by atoms with E-state index in [9.17, 15) is 18.5 Å². The average molecular weight is 505 g/mol. The van der Waals surface area contributed by atoms with Crippen LogP contribution in [-0.4, -0.2) is 57.9 Å². The summed E-state index contributed by atoms with van der Waals surface area (Å²) in [6, 6.07) is 14.4. The van der Waals surface area contributed by atoms with Crippen LogP contribution < -0.4 is 9.21 Å². The Balaban J connectivity index is 1.87. The Morgan fingerprint density at radius 3 is 2.38 bits per heavy atom. The predicted molar refractivity (Wildman–Crippen MR) is 134 cm³/mol. The molecule has 0 radical (unpaired) electrons. The molecule has 0 aromatic heterocycles. The Morgan fingerprint density at radius 2 is 1.79 bits per heavy atom. The smallest absolute Gasteiger partial charge is 0.409 e. The molecule has 1 heterocycles. The number of benzene rings is 2. The van der Waals surface area contributed by atoms with Crippen LogP contribution in [0.2, 0.25) is 5.02 Å². The highest BCUT2D eigenvalue weighted by Gasteiger charge is 2.26. The fourth-order valence-corrected chi connectivity index (χ4v) is 5.51. The fraction of sp³-hybridized carbons (Fsp3) is 0.417. The summed E-state index contributed by atoms with van der Waals surface area (Å²) in [5.74, 6) is 0.0000470. The maximum absolute atomic E-state index is 13.1. The van der Waals surface area contributed by atoms with E-state index in [2.05, 4.69) is 6.07 Å². The van der Waals surface area contributed by atoms with E-state index in [-0.39, 0.29) is 18.4 Å². The Bertz CT molecular complexity index is 1140. The summed E-state index contributed by atoms with van der Waals surface area (Å²) >= 11 is 5.98. The summed E-state index contributed by atoms with van der Waals surface area (Å²) in [5, 5.41) is 10.4. The number of sulfonamides is 1. The molecule has 182 valence electrons. The standard InChI is InChI=1S/C24H29ClN4O4S/c1-3-15-34(31,32)29(18-19-5-7-21(25)8-6-19)22-9-10-23(20(16-22)17-26)27-11-13-28(14-12-27)24(30)33-4-2/h5-10,16H,3-4,11-15,18H2,1-2H3. The third-order valence-corrected chi connectivity index (χ3v) is 7.76. The van der Waals surface area contributed by atoms with Gasteiger partial charge in [0.05, 0.1) is 35.8 Å². The average Bonchev–Trinajstić information content (AvgIpc) is 2.83. The van der Waals surface area contributed by atoms with Crippen LogP contribution in [0, 0.1) is 11.3 Å². The number of amides is 1. The van der Waals surface area contributed by atoms with Crippen molar-refractivity contribution in [3.05, 3.63) is 58.6 Å². The topological polar surface area (TPSA) is 94.0 Å². The van der Waals surface area contributed by atoms with Crippen LogP contribution in [0.1, 0.15) is 31.4 Å². The predicted octanol–water partition coefficient (Wildman–Crippen LogP) is 4.24. The van der Waals surface area contributed by atoms with Crippen LogP contribution in [0.15, 0.2) is 42.5 Å². The SMILES string of the molecule is CCCS(=O)(=O)N(Cc1ccc(Cl)cc1)c1ccc(N2CCN(C(=O)OCC)CC2)c(C#N)c1. The van der Waals surface area contributed by atoms with Gasteiger partial charge in [-0.3, -0.25) is 4.31 Å². The van der Waals surface area contributed by atoms with E-state index in [1.807, 2.05) is 11.8 Å². The highest BCUT2D eigenvalue weighted by Crippen LogP contribution is 2.30. The molecule has 1 aliphatic rings. The van der Waals surface area contributed by atoms with E-state index in [1.54, 1.807) is 54.3 Å². The van der Waals surface area contributed by atoms with Crippen molar-refractivity contribution in [2.75, 3.05) is 47.7 Å². The Labute approximate surface area is 206 Å². The van der Waals surface area contributed by atoms with Gasteiger partial charge in [0, 0.05) is 31.2 Å². The lowest BCUT2D eigenvalue weighted by atomic mass is 10.1. The third-order valence-electron chi connectivity index (χ3n) is 5.57. The molecule has 0 N–H and O–H groups in total. The number of halogens is 1. The minimum atomic E-state index is -3.60. The number of carbonyl (C=O) groups excluding carboxylic acids is 1. The van der Waals surface area contributed by atoms with Gasteiger partial charge in [0.15, 0.2) is 0 Å². The number of hydrogen-bond donors (Lipinski definition) is 0. The van der Waals surface area contributed by atoms with Crippen molar-refractivity contribution in [3.63, 3.8) is 0 Å². The Hall–Kier alpha value is -2.96. The summed E-state index contributed by atoms with van der Waals surface area (Å²) in [6.07, 6.45) is 0.143. The maximum atomic E-state index is 13.1. The number of carbonyl (C=O) groups is 1. The lowest BCUT2D eigenvalue weighted by Crippen LogP contribution is -2.49. The van der Waals surface area contributed by atoms with Crippen molar-refractivity contribution in [1.29, 1.82) is 5.26 Å². The van der Waals surface area contributed by atoms with Gasteiger partial charge < -0.3 is 14.5 Å². The largest absolute Gasteiger partial charge is 0.450 e. The van der Waals surface area contributed by atoms with Gasteiger partial charge in [-0.05, 0) is 49.2 Å². The van der Waals surface area contributed by atoms with Crippen LogP contribution in [0.3, 0.4) is 0 Å². The first-order valence-electron chi connectivity index (χ1n) is 11.2. The summed E-state index contributed by atoms with van der Waals surface area (Å²) in [7, 11) is -3.60. The number of nitriles is 1. The quantitative estimate of drug-likeness (QED) is 0.533. The number of piperazine rings is 1. The van der Waals surface area contributed by atoms with Crippen LogP contribution >= 0.6 is 11.6 Å². The molecule has 0 atom stereocenters. The van der Waals surface area contributed by atoms with Gasteiger partial charge >= 0.3 is 6.09 Å². The number of rotatable bonds is 8. The van der Waals surface area contributed by atoms with Crippen molar-refractivity contribution in [2.24, 2.45) is 0 Å². The molecule has 0 saturated carbocycles. The molecule has 2 aromatic rings. The molecular weight excluding hydrogens is 476 g/mol. The molecule has 3 rings (SSSR count).